The predicted octanol–water partition coefficient (Wildman–Crippen LogP) is 1.13. The van der Waals surface area contributed by atoms with Crippen molar-refractivity contribution in [3.63, 3.8) is 0 Å². The highest BCUT2D eigenvalue weighted by Crippen LogP contribution is 2.10. The van der Waals surface area contributed by atoms with E-state index < -0.39 is 0 Å². The molecule has 1 aliphatic heterocycles. The first-order chi connectivity index (χ1) is 9.67. The van der Waals surface area contributed by atoms with Crippen LogP contribution in [-0.4, -0.2) is 55.5 Å². The Morgan fingerprint density at radius 2 is 2.10 bits per heavy atom. The molecule has 0 atom stereocenters. The number of amides is 1. The summed E-state index contributed by atoms with van der Waals surface area (Å²) in [7, 11) is 2.12. The fraction of sp³-hybridized carbons (Fsp3) is 0.467. The van der Waals surface area contributed by atoms with E-state index in [4.69, 9.17) is 5.26 Å². The van der Waals surface area contributed by atoms with Crippen molar-refractivity contribution in [2.75, 3.05) is 45.1 Å². The molecule has 5 nitrogen and oxygen atoms in total. The molecule has 0 unspecified atom stereocenters. The fourth-order valence-corrected chi connectivity index (χ4v) is 2.22. The average molecular weight is 272 g/mol. The van der Waals surface area contributed by atoms with Crippen LogP contribution in [0.4, 0.5) is 5.69 Å². The van der Waals surface area contributed by atoms with Crippen molar-refractivity contribution in [1.29, 1.82) is 5.26 Å². The molecular formula is C15H20N4O. The van der Waals surface area contributed by atoms with Crippen molar-refractivity contribution in [3.05, 3.63) is 29.8 Å². The monoisotopic (exact) mass is 272 g/mol. The molecule has 5 heteroatoms. The summed E-state index contributed by atoms with van der Waals surface area (Å²) in [6.45, 7) is 4.96. The summed E-state index contributed by atoms with van der Waals surface area (Å²) in [5, 5.41) is 11.7. The number of benzene rings is 1. The number of piperazine rings is 1. The topological polar surface area (TPSA) is 59.4 Å². The molecule has 1 fully saturated rings. The third-order valence-electron chi connectivity index (χ3n) is 3.53. The van der Waals surface area contributed by atoms with Gasteiger partial charge in [0.15, 0.2) is 0 Å². The van der Waals surface area contributed by atoms with E-state index in [1.54, 1.807) is 24.3 Å². The number of hydrogen-bond acceptors (Lipinski definition) is 4. The quantitative estimate of drug-likeness (QED) is 0.893. The van der Waals surface area contributed by atoms with E-state index in [9.17, 15) is 4.79 Å². The van der Waals surface area contributed by atoms with Crippen molar-refractivity contribution >= 4 is 11.6 Å². The first-order valence-corrected chi connectivity index (χ1v) is 6.88. The van der Waals surface area contributed by atoms with Crippen molar-refractivity contribution in [2.24, 2.45) is 0 Å². The van der Waals surface area contributed by atoms with Gasteiger partial charge in [0, 0.05) is 44.8 Å². The molecule has 0 aromatic heterocycles. The van der Waals surface area contributed by atoms with Crippen LogP contribution in [0.5, 0.6) is 0 Å². The van der Waals surface area contributed by atoms with E-state index in [2.05, 4.69) is 28.2 Å². The zero-order valence-corrected chi connectivity index (χ0v) is 11.8. The number of nitrogens with zero attached hydrogens (tertiary/aromatic N) is 3. The minimum atomic E-state index is -0.000909. The van der Waals surface area contributed by atoms with Gasteiger partial charge < -0.3 is 15.1 Å². The average Bonchev–Trinajstić information content (AvgIpc) is 2.47. The zero-order chi connectivity index (χ0) is 14.4. The van der Waals surface area contributed by atoms with Gasteiger partial charge in [0.05, 0.1) is 11.6 Å². The van der Waals surface area contributed by atoms with Gasteiger partial charge in [-0.25, -0.2) is 0 Å². The number of nitrogens with one attached hydrogen (secondary N) is 1. The van der Waals surface area contributed by atoms with E-state index >= 15 is 0 Å². The Morgan fingerprint density at radius 1 is 1.35 bits per heavy atom. The highest BCUT2D eigenvalue weighted by Gasteiger charge is 2.14. The van der Waals surface area contributed by atoms with Gasteiger partial charge in [-0.15, -0.1) is 0 Å². The number of likely N-dealkylation sites (N-methyl/N-ethyl adjacent to an activating group) is 1. The maximum atomic E-state index is 11.9. The Hall–Kier alpha value is -1.90. The Kier molecular flexibility index (Phi) is 5.10. The summed E-state index contributed by atoms with van der Waals surface area (Å²) in [6, 6.07) is 9.05. The first-order valence-electron chi connectivity index (χ1n) is 6.88. The molecule has 106 valence electrons. The minimum Gasteiger partial charge on any atom is -0.326 e. The van der Waals surface area contributed by atoms with E-state index in [1.807, 2.05) is 0 Å². The number of rotatable bonds is 4. The second-order valence-electron chi connectivity index (χ2n) is 5.14. The van der Waals surface area contributed by atoms with Gasteiger partial charge in [0.25, 0.3) is 0 Å². The summed E-state index contributed by atoms with van der Waals surface area (Å²) in [6.07, 6.45) is 0.487. The molecule has 0 saturated carbocycles. The molecule has 2 rings (SSSR count). The van der Waals surface area contributed by atoms with Gasteiger partial charge in [-0.2, -0.15) is 5.26 Å². The number of anilines is 1. The van der Waals surface area contributed by atoms with Crippen LogP contribution in [-0.2, 0) is 4.79 Å². The van der Waals surface area contributed by atoms with Crippen LogP contribution < -0.4 is 5.32 Å². The van der Waals surface area contributed by atoms with Gasteiger partial charge in [0.2, 0.25) is 5.91 Å². The SMILES string of the molecule is CN1CCN(CCC(=O)Nc2cccc(C#N)c2)CC1. The Bertz CT molecular complexity index is 501. The summed E-state index contributed by atoms with van der Waals surface area (Å²) < 4.78 is 0. The lowest BCUT2D eigenvalue weighted by Gasteiger charge is -2.32. The minimum absolute atomic E-state index is 0.000909. The zero-order valence-electron chi connectivity index (χ0n) is 11.8. The van der Waals surface area contributed by atoms with Crippen molar-refractivity contribution in [2.45, 2.75) is 6.42 Å². The van der Waals surface area contributed by atoms with Crippen molar-refractivity contribution in [1.82, 2.24) is 9.80 Å². The Morgan fingerprint density at radius 3 is 2.80 bits per heavy atom. The van der Waals surface area contributed by atoms with Crippen LogP contribution in [0.25, 0.3) is 0 Å². The van der Waals surface area contributed by atoms with Crippen LogP contribution >= 0.6 is 0 Å². The van der Waals surface area contributed by atoms with E-state index in [1.165, 1.54) is 0 Å². The number of nitriles is 1. The van der Waals surface area contributed by atoms with Crippen LogP contribution in [0.1, 0.15) is 12.0 Å². The molecule has 0 radical (unpaired) electrons. The molecule has 1 aliphatic rings. The molecule has 1 aromatic rings. The van der Waals surface area contributed by atoms with Gasteiger partial charge in [0.1, 0.15) is 0 Å². The van der Waals surface area contributed by atoms with Gasteiger partial charge in [-0.1, -0.05) is 6.07 Å². The highest BCUT2D eigenvalue weighted by molar-refractivity contribution is 5.90. The summed E-state index contributed by atoms with van der Waals surface area (Å²) in [4.78, 5) is 16.5. The van der Waals surface area contributed by atoms with Gasteiger partial charge in [-0.05, 0) is 25.2 Å². The largest absolute Gasteiger partial charge is 0.326 e. The van der Waals surface area contributed by atoms with Gasteiger partial charge in [-0.3, -0.25) is 4.79 Å². The lowest BCUT2D eigenvalue weighted by atomic mass is 10.2. The maximum absolute atomic E-state index is 11.9. The van der Waals surface area contributed by atoms with Crippen molar-refractivity contribution in [3.8, 4) is 6.07 Å². The van der Waals surface area contributed by atoms with Crippen LogP contribution in [0.2, 0.25) is 0 Å². The molecule has 20 heavy (non-hydrogen) atoms. The molecule has 1 saturated heterocycles. The molecular weight excluding hydrogens is 252 g/mol. The number of carbonyl (C=O) groups is 1. The van der Waals surface area contributed by atoms with Gasteiger partial charge >= 0.3 is 0 Å². The van der Waals surface area contributed by atoms with Crippen LogP contribution in [0.3, 0.4) is 0 Å². The molecule has 0 bridgehead atoms. The summed E-state index contributed by atoms with van der Waals surface area (Å²) >= 11 is 0. The summed E-state index contributed by atoms with van der Waals surface area (Å²) in [5.74, 6) is -0.000909. The standard InChI is InChI=1S/C15H20N4O/c1-18-7-9-19(10-8-18)6-5-15(20)17-14-4-2-3-13(11-14)12-16/h2-4,11H,5-10H2,1H3,(H,17,20). The predicted molar refractivity (Wildman–Crippen MR) is 78.3 cm³/mol. The van der Waals surface area contributed by atoms with Crippen LogP contribution in [0.15, 0.2) is 24.3 Å². The second kappa shape index (κ2) is 7.04. The first kappa shape index (κ1) is 14.5. The lowest BCUT2D eigenvalue weighted by Crippen LogP contribution is -2.45. The fourth-order valence-electron chi connectivity index (χ4n) is 2.22. The number of carbonyl (C=O) groups excluding carboxylic acids is 1. The molecule has 1 aromatic carbocycles. The maximum Gasteiger partial charge on any atom is 0.225 e. The Balaban J connectivity index is 1.76. The molecule has 1 N–H and O–H groups in total. The molecule has 0 aliphatic carbocycles. The summed E-state index contributed by atoms with van der Waals surface area (Å²) in [5.41, 5.74) is 1.24. The second-order valence-corrected chi connectivity index (χ2v) is 5.14. The Labute approximate surface area is 119 Å². The van der Waals surface area contributed by atoms with E-state index in [0.717, 1.165) is 32.7 Å². The van der Waals surface area contributed by atoms with Crippen LogP contribution in [0, 0.1) is 11.3 Å². The third kappa shape index (κ3) is 4.34. The third-order valence-corrected chi connectivity index (χ3v) is 3.53. The van der Waals surface area contributed by atoms with Crippen molar-refractivity contribution < 1.29 is 4.79 Å². The number of hydrogen-bond donors (Lipinski definition) is 1. The van der Waals surface area contributed by atoms with E-state index in [0.29, 0.717) is 17.7 Å². The highest BCUT2D eigenvalue weighted by atomic mass is 16.1. The normalized spacial score (nSPS) is 16.6. The molecule has 0 spiro atoms. The molecule has 1 heterocycles. The van der Waals surface area contributed by atoms with E-state index in [-0.39, 0.29) is 5.91 Å². The smallest absolute Gasteiger partial charge is 0.225 e. The lowest BCUT2D eigenvalue weighted by molar-refractivity contribution is -0.116. The molecule has 1 amide bonds.